The molecular formula is C15H14N4O2. The molecule has 6 nitrogen and oxygen atoms in total. The Balaban J connectivity index is 2.21. The number of anilines is 1. The fourth-order valence-corrected chi connectivity index (χ4v) is 2.33. The summed E-state index contributed by atoms with van der Waals surface area (Å²) < 4.78 is 0. The molecule has 1 aliphatic heterocycles. The van der Waals surface area contributed by atoms with Gasteiger partial charge in [0.1, 0.15) is 18.2 Å². The van der Waals surface area contributed by atoms with Crippen LogP contribution in [0.25, 0.3) is 0 Å². The van der Waals surface area contributed by atoms with Crippen molar-refractivity contribution in [2.75, 3.05) is 5.32 Å². The van der Waals surface area contributed by atoms with Gasteiger partial charge in [-0.3, -0.25) is 14.5 Å². The maximum absolute atomic E-state index is 12.2. The van der Waals surface area contributed by atoms with E-state index in [1.807, 2.05) is 12.1 Å². The Bertz CT molecular complexity index is 682. The zero-order valence-electron chi connectivity index (χ0n) is 11.8. The van der Waals surface area contributed by atoms with Crippen molar-refractivity contribution in [1.29, 1.82) is 10.5 Å². The third kappa shape index (κ3) is 2.70. The van der Waals surface area contributed by atoms with Crippen LogP contribution in [0, 0.1) is 22.7 Å². The first-order chi connectivity index (χ1) is 9.97. The molecule has 1 aromatic rings. The first kappa shape index (κ1) is 14.5. The minimum absolute atomic E-state index is 0.0961. The number of imide groups is 1. The number of nitrogens with one attached hydrogen (secondary N) is 1. The van der Waals surface area contributed by atoms with Gasteiger partial charge in [0.15, 0.2) is 0 Å². The second-order valence-corrected chi connectivity index (χ2v) is 5.08. The Morgan fingerprint density at radius 3 is 2.43 bits per heavy atom. The predicted molar refractivity (Wildman–Crippen MR) is 74.9 cm³/mol. The Kier molecular flexibility index (Phi) is 3.91. The van der Waals surface area contributed by atoms with E-state index in [1.54, 1.807) is 19.9 Å². The number of carbonyl (C=O) groups is 2. The number of hydrogen-bond acceptors (Lipinski definition) is 5. The van der Waals surface area contributed by atoms with Crippen LogP contribution in [0.15, 0.2) is 18.2 Å². The number of benzene rings is 1. The highest BCUT2D eigenvalue weighted by Crippen LogP contribution is 2.22. The van der Waals surface area contributed by atoms with Gasteiger partial charge >= 0.3 is 0 Å². The lowest BCUT2D eigenvalue weighted by molar-refractivity contribution is -0.140. The highest BCUT2D eigenvalue weighted by atomic mass is 16.2. The Morgan fingerprint density at radius 1 is 1.24 bits per heavy atom. The van der Waals surface area contributed by atoms with E-state index in [1.165, 1.54) is 17.0 Å². The largest absolute Gasteiger partial charge is 0.373 e. The molecular weight excluding hydrogens is 268 g/mol. The van der Waals surface area contributed by atoms with Crippen LogP contribution in [0.5, 0.6) is 0 Å². The molecule has 1 N–H and O–H groups in total. The fourth-order valence-electron chi connectivity index (χ4n) is 2.33. The molecule has 1 fully saturated rings. The minimum atomic E-state index is -0.626. The fraction of sp³-hybridized carbons (Fsp3) is 0.333. The summed E-state index contributed by atoms with van der Waals surface area (Å²) in [6.07, 6.45) is 0.0961. The third-order valence-electron chi connectivity index (χ3n) is 3.30. The van der Waals surface area contributed by atoms with E-state index < -0.39 is 6.04 Å². The van der Waals surface area contributed by atoms with Gasteiger partial charge in [0.25, 0.3) is 5.91 Å². The van der Waals surface area contributed by atoms with Gasteiger partial charge in [-0.25, -0.2) is 0 Å². The van der Waals surface area contributed by atoms with Crippen molar-refractivity contribution in [3.63, 3.8) is 0 Å². The summed E-state index contributed by atoms with van der Waals surface area (Å²) in [5.74, 6) is -0.473. The number of hydrogen-bond donors (Lipinski definition) is 1. The van der Waals surface area contributed by atoms with Crippen molar-refractivity contribution in [1.82, 2.24) is 4.90 Å². The molecule has 0 radical (unpaired) electrons. The van der Waals surface area contributed by atoms with Gasteiger partial charge in [-0.2, -0.15) is 10.5 Å². The summed E-state index contributed by atoms with van der Waals surface area (Å²) >= 11 is 0. The summed E-state index contributed by atoms with van der Waals surface area (Å²) in [6, 6.07) is 7.71. The van der Waals surface area contributed by atoms with Crippen molar-refractivity contribution in [2.45, 2.75) is 32.4 Å². The molecule has 0 saturated carbocycles. The van der Waals surface area contributed by atoms with Crippen LogP contribution in [0.2, 0.25) is 0 Å². The zero-order chi connectivity index (χ0) is 15.6. The van der Waals surface area contributed by atoms with Gasteiger partial charge in [0.2, 0.25) is 5.91 Å². The number of nitrogens with zero attached hydrogens (tertiary/aromatic N) is 3. The van der Waals surface area contributed by atoms with Crippen molar-refractivity contribution in [2.24, 2.45) is 0 Å². The van der Waals surface area contributed by atoms with Gasteiger partial charge in [0.05, 0.1) is 17.5 Å². The highest BCUT2D eigenvalue weighted by molar-refractivity contribution is 6.07. The number of carbonyl (C=O) groups excluding carboxylic acids is 2. The van der Waals surface area contributed by atoms with Crippen LogP contribution in [-0.2, 0) is 9.59 Å². The van der Waals surface area contributed by atoms with E-state index in [2.05, 4.69) is 5.32 Å². The SMILES string of the molecule is CC(C)N1C(=O)CC(Nc2ccc(C#N)c(C#N)c2)C1=O. The maximum atomic E-state index is 12.2. The number of amides is 2. The topological polar surface area (TPSA) is 97.0 Å². The monoisotopic (exact) mass is 282 g/mol. The van der Waals surface area contributed by atoms with Crippen LogP contribution in [0.1, 0.15) is 31.4 Å². The summed E-state index contributed by atoms with van der Waals surface area (Å²) in [6.45, 7) is 3.57. The Hall–Kier alpha value is -2.86. The molecule has 2 amide bonds. The molecule has 1 heterocycles. The van der Waals surface area contributed by atoms with Crippen molar-refractivity contribution >= 4 is 17.5 Å². The molecule has 1 saturated heterocycles. The second kappa shape index (κ2) is 5.64. The zero-order valence-corrected chi connectivity index (χ0v) is 11.8. The number of likely N-dealkylation sites (tertiary alicyclic amines) is 1. The quantitative estimate of drug-likeness (QED) is 0.845. The Labute approximate surface area is 122 Å². The number of nitriles is 2. The van der Waals surface area contributed by atoms with Gasteiger partial charge < -0.3 is 5.32 Å². The lowest BCUT2D eigenvalue weighted by atomic mass is 10.1. The average Bonchev–Trinajstić information content (AvgIpc) is 2.73. The van der Waals surface area contributed by atoms with Crippen molar-refractivity contribution in [3.05, 3.63) is 29.3 Å². The van der Waals surface area contributed by atoms with E-state index >= 15 is 0 Å². The summed E-state index contributed by atoms with van der Waals surface area (Å²) in [5, 5.41) is 20.8. The number of rotatable bonds is 3. The molecule has 0 aliphatic carbocycles. The highest BCUT2D eigenvalue weighted by Gasteiger charge is 2.39. The summed E-state index contributed by atoms with van der Waals surface area (Å²) in [4.78, 5) is 25.2. The summed E-state index contributed by atoms with van der Waals surface area (Å²) in [5.41, 5.74) is 1.06. The smallest absolute Gasteiger partial charge is 0.252 e. The van der Waals surface area contributed by atoms with Gasteiger partial charge in [-0.15, -0.1) is 0 Å². The molecule has 6 heteroatoms. The lowest BCUT2D eigenvalue weighted by Gasteiger charge is -2.19. The summed E-state index contributed by atoms with van der Waals surface area (Å²) in [7, 11) is 0. The molecule has 1 aromatic carbocycles. The van der Waals surface area contributed by atoms with E-state index in [9.17, 15) is 9.59 Å². The molecule has 1 aliphatic rings. The maximum Gasteiger partial charge on any atom is 0.252 e. The van der Waals surface area contributed by atoms with Gasteiger partial charge in [-0.1, -0.05) is 0 Å². The van der Waals surface area contributed by atoms with Crippen molar-refractivity contribution in [3.8, 4) is 12.1 Å². The average molecular weight is 282 g/mol. The minimum Gasteiger partial charge on any atom is -0.373 e. The predicted octanol–water partition coefficient (Wildman–Crippen LogP) is 1.38. The van der Waals surface area contributed by atoms with Crippen LogP contribution in [0.3, 0.4) is 0 Å². The second-order valence-electron chi connectivity index (χ2n) is 5.08. The van der Waals surface area contributed by atoms with Gasteiger partial charge in [-0.05, 0) is 32.0 Å². The van der Waals surface area contributed by atoms with Gasteiger partial charge in [0, 0.05) is 11.7 Å². The first-order valence-electron chi connectivity index (χ1n) is 6.54. The molecule has 2 rings (SSSR count). The lowest BCUT2D eigenvalue weighted by Crippen LogP contribution is -2.39. The standard InChI is InChI=1S/C15H14N4O2/c1-9(2)19-14(20)6-13(15(19)21)18-12-4-3-10(7-16)11(5-12)8-17/h3-5,9,13,18H,6H2,1-2H3. The van der Waals surface area contributed by atoms with Crippen molar-refractivity contribution < 1.29 is 9.59 Å². The first-order valence-corrected chi connectivity index (χ1v) is 6.54. The molecule has 0 aromatic heterocycles. The Morgan fingerprint density at radius 2 is 1.90 bits per heavy atom. The normalized spacial score (nSPS) is 17.8. The molecule has 1 atom stereocenters. The van der Waals surface area contributed by atoms with E-state index in [0.29, 0.717) is 5.69 Å². The van der Waals surface area contributed by atoms with Crippen LogP contribution in [-0.4, -0.2) is 28.8 Å². The molecule has 106 valence electrons. The third-order valence-corrected chi connectivity index (χ3v) is 3.30. The molecule has 21 heavy (non-hydrogen) atoms. The van der Waals surface area contributed by atoms with E-state index in [0.717, 1.165) is 0 Å². The molecule has 0 spiro atoms. The van der Waals surface area contributed by atoms with Crippen LogP contribution < -0.4 is 5.32 Å². The molecule has 0 bridgehead atoms. The molecule has 1 unspecified atom stereocenters. The van der Waals surface area contributed by atoms with Crippen LogP contribution in [0.4, 0.5) is 5.69 Å². The van der Waals surface area contributed by atoms with E-state index in [4.69, 9.17) is 10.5 Å². The van der Waals surface area contributed by atoms with Crippen LogP contribution >= 0.6 is 0 Å². The van der Waals surface area contributed by atoms with E-state index in [-0.39, 0.29) is 35.4 Å².